The summed E-state index contributed by atoms with van der Waals surface area (Å²) in [5.41, 5.74) is 2.58. The van der Waals surface area contributed by atoms with Crippen molar-refractivity contribution in [2.75, 3.05) is 13.7 Å². The first-order chi connectivity index (χ1) is 9.67. The highest BCUT2D eigenvalue weighted by molar-refractivity contribution is 5.46. The van der Waals surface area contributed by atoms with Gasteiger partial charge < -0.3 is 14.6 Å². The van der Waals surface area contributed by atoms with Crippen molar-refractivity contribution in [3.63, 3.8) is 0 Å². The molecule has 0 aliphatic carbocycles. The van der Waals surface area contributed by atoms with Crippen LogP contribution in [0.25, 0.3) is 0 Å². The molecule has 1 N–H and O–H groups in total. The van der Waals surface area contributed by atoms with Gasteiger partial charge in [-0.2, -0.15) is 0 Å². The van der Waals surface area contributed by atoms with Gasteiger partial charge in [-0.1, -0.05) is 30.3 Å². The Balaban J connectivity index is 2.43. The molecular formula is C17H20O3. The zero-order valence-corrected chi connectivity index (χ0v) is 12.1. The number of ether oxygens (including phenoxy) is 2. The minimum Gasteiger partial charge on any atom is -0.496 e. The maximum absolute atomic E-state index is 10.6. The molecule has 2 aromatic rings. The number of hydrogen-bond donors (Lipinski definition) is 1. The van der Waals surface area contributed by atoms with E-state index in [9.17, 15) is 5.11 Å². The van der Waals surface area contributed by atoms with Gasteiger partial charge in [0.05, 0.1) is 13.7 Å². The molecule has 20 heavy (non-hydrogen) atoms. The van der Waals surface area contributed by atoms with E-state index >= 15 is 0 Å². The van der Waals surface area contributed by atoms with Crippen molar-refractivity contribution in [1.29, 1.82) is 0 Å². The highest BCUT2D eigenvalue weighted by atomic mass is 16.5. The fraction of sp³-hybridized carbons (Fsp3) is 0.294. The third-order valence-corrected chi connectivity index (χ3v) is 3.20. The molecule has 0 bridgehead atoms. The monoisotopic (exact) mass is 272 g/mol. The fourth-order valence-electron chi connectivity index (χ4n) is 2.21. The maximum Gasteiger partial charge on any atom is 0.125 e. The molecule has 1 atom stereocenters. The first-order valence-electron chi connectivity index (χ1n) is 6.71. The summed E-state index contributed by atoms with van der Waals surface area (Å²) in [6, 6.07) is 13.3. The Morgan fingerprint density at radius 3 is 2.45 bits per heavy atom. The van der Waals surface area contributed by atoms with Gasteiger partial charge in [-0.25, -0.2) is 0 Å². The molecule has 1 unspecified atom stereocenters. The number of methoxy groups -OCH3 is 1. The van der Waals surface area contributed by atoms with E-state index in [0.717, 1.165) is 16.7 Å². The Kier molecular flexibility index (Phi) is 4.64. The Morgan fingerprint density at radius 2 is 1.75 bits per heavy atom. The van der Waals surface area contributed by atoms with Gasteiger partial charge >= 0.3 is 0 Å². The molecular weight excluding hydrogens is 252 g/mol. The van der Waals surface area contributed by atoms with E-state index in [1.807, 2.05) is 56.3 Å². The van der Waals surface area contributed by atoms with Gasteiger partial charge in [0.25, 0.3) is 0 Å². The number of benzene rings is 2. The van der Waals surface area contributed by atoms with Gasteiger partial charge in [-0.05, 0) is 31.5 Å². The van der Waals surface area contributed by atoms with Crippen LogP contribution in [0.3, 0.4) is 0 Å². The molecule has 2 aromatic carbocycles. The molecule has 0 heterocycles. The Bertz CT molecular complexity index is 578. The van der Waals surface area contributed by atoms with Crippen molar-refractivity contribution in [2.45, 2.75) is 20.0 Å². The van der Waals surface area contributed by atoms with E-state index in [2.05, 4.69) is 0 Å². The largest absolute Gasteiger partial charge is 0.496 e. The molecule has 0 aliphatic heterocycles. The van der Waals surface area contributed by atoms with E-state index in [0.29, 0.717) is 18.1 Å². The summed E-state index contributed by atoms with van der Waals surface area (Å²) in [6.45, 7) is 4.48. The third-order valence-electron chi connectivity index (χ3n) is 3.20. The lowest BCUT2D eigenvalue weighted by Gasteiger charge is -2.18. The first kappa shape index (κ1) is 14.4. The van der Waals surface area contributed by atoms with Crippen LogP contribution in [0.4, 0.5) is 0 Å². The first-order valence-corrected chi connectivity index (χ1v) is 6.71. The molecule has 0 saturated carbocycles. The molecule has 0 aliphatic rings. The summed E-state index contributed by atoms with van der Waals surface area (Å²) in [5, 5.41) is 10.6. The molecule has 106 valence electrons. The van der Waals surface area contributed by atoms with E-state index in [1.54, 1.807) is 7.11 Å². The van der Waals surface area contributed by atoms with Crippen LogP contribution >= 0.6 is 0 Å². The second kappa shape index (κ2) is 6.44. The van der Waals surface area contributed by atoms with Crippen molar-refractivity contribution in [2.24, 2.45) is 0 Å². The summed E-state index contributed by atoms with van der Waals surface area (Å²) in [4.78, 5) is 0. The van der Waals surface area contributed by atoms with Crippen LogP contribution in [0, 0.1) is 6.92 Å². The van der Waals surface area contributed by atoms with Crippen molar-refractivity contribution >= 4 is 0 Å². The summed E-state index contributed by atoms with van der Waals surface area (Å²) in [7, 11) is 1.61. The minimum absolute atomic E-state index is 0.564. The zero-order chi connectivity index (χ0) is 14.5. The van der Waals surface area contributed by atoms with Gasteiger partial charge in [0.2, 0.25) is 0 Å². The van der Waals surface area contributed by atoms with Gasteiger partial charge in [0.1, 0.15) is 17.6 Å². The normalized spacial score (nSPS) is 12.0. The topological polar surface area (TPSA) is 38.7 Å². The van der Waals surface area contributed by atoms with Crippen LogP contribution in [0.2, 0.25) is 0 Å². The quantitative estimate of drug-likeness (QED) is 0.905. The lowest BCUT2D eigenvalue weighted by atomic mass is 9.98. The summed E-state index contributed by atoms with van der Waals surface area (Å²) < 4.78 is 10.9. The number of rotatable bonds is 5. The van der Waals surface area contributed by atoms with Crippen molar-refractivity contribution in [1.82, 2.24) is 0 Å². The average molecular weight is 272 g/mol. The van der Waals surface area contributed by atoms with Gasteiger partial charge in [0.15, 0.2) is 0 Å². The smallest absolute Gasteiger partial charge is 0.125 e. The molecule has 0 aromatic heterocycles. The van der Waals surface area contributed by atoms with E-state index < -0.39 is 6.10 Å². The Hall–Kier alpha value is -2.00. The van der Waals surface area contributed by atoms with Crippen molar-refractivity contribution in [3.05, 3.63) is 59.2 Å². The zero-order valence-electron chi connectivity index (χ0n) is 12.1. The molecule has 3 nitrogen and oxygen atoms in total. The SMILES string of the molecule is CCOc1ccccc1C(O)c1ccc(C)cc1OC. The second-order valence-electron chi connectivity index (χ2n) is 4.62. The second-order valence-corrected chi connectivity index (χ2v) is 4.62. The summed E-state index contributed by atoms with van der Waals surface area (Å²) >= 11 is 0. The predicted molar refractivity (Wildman–Crippen MR) is 79.4 cm³/mol. The standard InChI is InChI=1S/C17H20O3/c1-4-20-15-8-6-5-7-13(15)17(18)14-10-9-12(2)11-16(14)19-3/h5-11,17-18H,4H2,1-3H3. The van der Waals surface area contributed by atoms with Crippen LogP contribution < -0.4 is 9.47 Å². The number of aryl methyl sites for hydroxylation is 1. The van der Waals surface area contributed by atoms with Crippen molar-refractivity contribution < 1.29 is 14.6 Å². The fourth-order valence-corrected chi connectivity index (χ4v) is 2.21. The number of para-hydroxylation sites is 1. The van der Waals surface area contributed by atoms with E-state index in [4.69, 9.17) is 9.47 Å². The molecule has 0 radical (unpaired) electrons. The van der Waals surface area contributed by atoms with Crippen molar-refractivity contribution in [3.8, 4) is 11.5 Å². The van der Waals surface area contributed by atoms with Gasteiger partial charge in [-0.3, -0.25) is 0 Å². The van der Waals surface area contributed by atoms with Crippen LogP contribution in [0.15, 0.2) is 42.5 Å². The van der Waals surface area contributed by atoms with Crippen LogP contribution in [0.5, 0.6) is 11.5 Å². The molecule has 0 amide bonds. The average Bonchev–Trinajstić information content (AvgIpc) is 2.47. The third kappa shape index (κ3) is 2.94. The highest BCUT2D eigenvalue weighted by Crippen LogP contribution is 2.35. The maximum atomic E-state index is 10.6. The van der Waals surface area contributed by atoms with E-state index in [1.165, 1.54) is 0 Å². The lowest BCUT2D eigenvalue weighted by molar-refractivity contribution is 0.207. The van der Waals surface area contributed by atoms with E-state index in [-0.39, 0.29) is 0 Å². The van der Waals surface area contributed by atoms with Crippen LogP contribution in [0.1, 0.15) is 29.7 Å². The predicted octanol–water partition coefficient (Wildman–Crippen LogP) is 3.48. The van der Waals surface area contributed by atoms with Gasteiger partial charge in [-0.15, -0.1) is 0 Å². The van der Waals surface area contributed by atoms with Gasteiger partial charge in [0, 0.05) is 11.1 Å². The summed E-state index contributed by atoms with van der Waals surface area (Å²) in [6.07, 6.45) is -0.770. The van der Waals surface area contributed by atoms with Crippen LogP contribution in [-0.2, 0) is 0 Å². The molecule has 0 saturated heterocycles. The number of aliphatic hydroxyl groups excluding tert-OH is 1. The molecule has 2 rings (SSSR count). The number of aliphatic hydroxyl groups is 1. The van der Waals surface area contributed by atoms with Crippen LogP contribution in [-0.4, -0.2) is 18.8 Å². The molecule has 0 fully saturated rings. The lowest BCUT2D eigenvalue weighted by Crippen LogP contribution is -2.05. The minimum atomic E-state index is -0.770. The Morgan fingerprint density at radius 1 is 1.05 bits per heavy atom. The number of hydrogen-bond acceptors (Lipinski definition) is 3. The Labute approximate surface area is 119 Å². The summed E-state index contributed by atoms with van der Waals surface area (Å²) in [5.74, 6) is 1.38. The molecule has 0 spiro atoms. The highest BCUT2D eigenvalue weighted by Gasteiger charge is 2.19. The molecule has 3 heteroatoms.